The zero-order chi connectivity index (χ0) is 11.1. The highest BCUT2D eigenvalue weighted by Crippen LogP contribution is 2.34. The van der Waals surface area contributed by atoms with Crippen molar-refractivity contribution in [3.05, 3.63) is 34.4 Å². The molecular formula is C12H14BrNO. The maximum absolute atomic E-state index is 9.41. The predicted octanol–water partition coefficient (Wildman–Crippen LogP) is 3.20. The van der Waals surface area contributed by atoms with Crippen molar-refractivity contribution in [2.45, 2.75) is 19.3 Å². The summed E-state index contributed by atoms with van der Waals surface area (Å²) in [6, 6.07) is 6.12. The van der Waals surface area contributed by atoms with Crippen LogP contribution in [0.25, 0.3) is 10.9 Å². The molecule has 0 atom stereocenters. The standard InChI is InChI=1S/C12H14BrNO/c1-12(2,7-15)8-4-3-5-10-11(8)9(13)6-14-10/h3-6,14-15H,7H2,1-2H3. The average molecular weight is 268 g/mol. The minimum atomic E-state index is -0.218. The van der Waals surface area contributed by atoms with E-state index >= 15 is 0 Å². The molecule has 0 amide bonds. The lowest BCUT2D eigenvalue weighted by Crippen LogP contribution is -2.22. The van der Waals surface area contributed by atoms with Gasteiger partial charge in [-0.1, -0.05) is 26.0 Å². The fraction of sp³-hybridized carbons (Fsp3) is 0.333. The predicted molar refractivity (Wildman–Crippen MR) is 66.1 cm³/mol. The Hall–Kier alpha value is -0.800. The summed E-state index contributed by atoms with van der Waals surface area (Å²) in [5, 5.41) is 10.6. The summed E-state index contributed by atoms with van der Waals surface area (Å²) in [7, 11) is 0. The van der Waals surface area contributed by atoms with E-state index in [1.807, 2.05) is 32.2 Å². The Labute approximate surface area is 97.4 Å². The van der Waals surface area contributed by atoms with Crippen LogP contribution in [0.5, 0.6) is 0 Å². The molecule has 0 saturated heterocycles. The first kappa shape index (κ1) is 10.7. The molecule has 3 heteroatoms. The SMILES string of the molecule is CC(C)(CO)c1cccc2[nH]cc(Br)c12. The molecular weight excluding hydrogens is 254 g/mol. The molecule has 0 radical (unpaired) electrons. The Morgan fingerprint density at radius 3 is 2.80 bits per heavy atom. The molecule has 2 nitrogen and oxygen atoms in total. The Morgan fingerprint density at radius 1 is 1.40 bits per heavy atom. The first-order valence-electron chi connectivity index (χ1n) is 4.93. The quantitative estimate of drug-likeness (QED) is 0.862. The van der Waals surface area contributed by atoms with Gasteiger partial charge in [0.15, 0.2) is 0 Å². The van der Waals surface area contributed by atoms with Crippen molar-refractivity contribution in [2.24, 2.45) is 0 Å². The highest BCUT2D eigenvalue weighted by Gasteiger charge is 2.23. The molecule has 0 unspecified atom stereocenters. The summed E-state index contributed by atoms with van der Waals surface area (Å²) in [5.41, 5.74) is 2.04. The second-order valence-corrected chi connectivity index (χ2v) is 5.26. The number of H-pyrrole nitrogens is 1. The van der Waals surface area contributed by atoms with Crippen LogP contribution in [0.1, 0.15) is 19.4 Å². The van der Waals surface area contributed by atoms with Crippen molar-refractivity contribution in [3.63, 3.8) is 0 Å². The van der Waals surface area contributed by atoms with E-state index in [2.05, 4.69) is 27.0 Å². The Balaban J connectivity index is 2.75. The Kier molecular flexibility index (Phi) is 2.61. The number of aliphatic hydroxyl groups excluding tert-OH is 1. The topological polar surface area (TPSA) is 36.0 Å². The molecule has 2 rings (SSSR count). The monoisotopic (exact) mass is 267 g/mol. The lowest BCUT2D eigenvalue weighted by molar-refractivity contribution is 0.219. The number of aromatic amines is 1. The van der Waals surface area contributed by atoms with Crippen molar-refractivity contribution >= 4 is 26.8 Å². The van der Waals surface area contributed by atoms with Crippen molar-refractivity contribution in [3.8, 4) is 0 Å². The van der Waals surface area contributed by atoms with Crippen molar-refractivity contribution in [1.29, 1.82) is 0 Å². The van der Waals surface area contributed by atoms with Gasteiger partial charge in [0, 0.05) is 27.0 Å². The molecule has 0 spiro atoms. The van der Waals surface area contributed by atoms with Crippen LogP contribution in [0, 0.1) is 0 Å². The number of halogens is 1. The molecule has 1 aromatic heterocycles. The molecule has 0 fully saturated rings. The summed E-state index contributed by atoms with van der Waals surface area (Å²) in [5.74, 6) is 0. The van der Waals surface area contributed by atoms with Gasteiger partial charge in [0.05, 0.1) is 6.61 Å². The molecule has 0 aliphatic heterocycles. The van der Waals surface area contributed by atoms with Gasteiger partial charge >= 0.3 is 0 Å². The van der Waals surface area contributed by atoms with Crippen LogP contribution in [-0.2, 0) is 5.41 Å². The van der Waals surface area contributed by atoms with E-state index < -0.39 is 0 Å². The highest BCUT2D eigenvalue weighted by molar-refractivity contribution is 9.10. The van der Waals surface area contributed by atoms with Crippen LogP contribution in [0.15, 0.2) is 28.9 Å². The van der Waals surface area contributed by atoms with E-state index in [1.165, 1.54) is 0 Å². The fourth-order valence-corrected chi connectivity index (χ4v) is 2.33. The minimum absolute atomic E-state index is 0.143. The summed E-state index contributed by atoms with van der Waals surface area (Å²) in [4.78, 5) is 3.20. The largest absolute Gasteiger partial charge is 0.395 e. The number of nitrogens with one attached hydrogen (secondary N) is 1. The average Bonchev–Trinajstić information content (AvgIpc) is 2.60. The van der Waals surface area contributed by atoms with Gasteiger partial charge in [-0.25, -0.2) is 0 Å². The van der Waals surface area contributed by atoms with Gasteiger partial charge in [0.25, 0.3) is 0 Å². The lowest BCUT2D eigenvalue weighted by atomic mass is 9.84. The van der Waals surface area contributed by atoms with Crippen molar-refractivity contribution in [1.82, 2.24) is 4.98 Å². The number of aromatic nitrogens is 1. The van der Waals surface area contributed by atoms with E-state index in [0.29, 0.717) is 0 Å². The van der Waals surface area contributed by atoms with Gasteiger partial charge in [-0.3, -0.25) is 0 Å². The van der Waals surface area contributed by atoms with E-state index in [1.54, 1.807) is 0 Å². The van der Waals surface area contributed by atoms with Gasteiger partial charge in [-0.2, -0.15) is 0 Å². The summed E-state index contributed by atoms with van der Waals surface area (Å²) < 4.78 is 1.05. The summed E-state index contributed by atoms with van der Waals surface area (Å²) >= 11 is 3.53. The third kappa shape index (κ3) is 1.70. The molecule has 80 valence electrons. The first-order valence-corrected chi connectivity index (χ1v) is 5.72. The number of hydrogen-bond acceptors (Lipinski definition) is 1. The molecule has 0 aliphatic carbocycles. The van der Waals surface area contributed by atoms with Crippen molar-refractivity contribution < 1.29 is 5.11 Å². The molecule has 1 aromatic carbocycles. The Morgan fingerprint density at radius 2 is 2.13 bits per heavy atom. The van der Waals surface area contributed by atoms with Crippen LogP contribution in [0.3, 0.4) is 0 Å². The zero-order valence-corrected chi connectivity index (χ0v) is 10.4. The molecule has 0 bridgehead atoms. The lowest BCUT2D eigenvalue weighted by Gasteiger charge is -2.23. The fourth-order valence-electron chi connectivity index (χ4n) is 1.79. The molecule has 0 aliphatic rings. The number of rotatable bonds is 2. The second-order valence-electron chi connectivity index (χ2n) is 4.41. The van der Waals surface area contributed by atoms with Crippen LogP contribution in [0.4, 0.5) is 0 Å². The van der Waals surface area contributed by atoms with Crippen LogP contribution >= 0.6 is 15.9 Å². The highest BCUT2D eigenvalue weighted by atomic mass is 79.9. The van der Waals surface area contributed by atoms with E-state index in [0.717, 1.165) is 20.9 Å². The normalized spacial score (nSPS) is 12.3. The van der Waals surface area contributed by atoms with Crippen molar-refractivity contribution in [2.75, 3.05) is 6.61 Å². The number of benzene rings is 1. The van der Waals surface area contributed by atoms with E-state index in [4.69, 9.17) is 0 Å². The molecule has 2 N–H and O–H groups in total. The number of fused-ring (bicyclic) bond motifs is 1. The van der Waals surface area contributed by atoms with Crippen LogP contribution in [0.2, 0.25) is 0 Å². The number of aliphatic hydroxyl groups is 1. The Bertz CT molecular complexity index is 487. The maximum Gasteiger partial charge on any atom is 0.0522 e. The van der Waals surface area contributed by atoms with Gasteiger partial charge in [-0.15, -0.1) is 0 Å². The first-order chi connectivity index (χ1) is 7.06. The minimum Gasteiger partial charge on any atom is -0.395 e. The maximum atomic E-state index is 9.41. The van der Waals surface area contributed by atoms with Crippen LogP contribution in [-0.4, -0.2) is 16.7 Å². The third-order valence-corrected chi connectivity index (χ3v) is 3.41. The number of hydrogen-bond donors (Lipinski definition) is 2. The summed E-state index contributed by atoms with van der Waals surface area (Å²) in [6.45, 7) is 4.23. The zero-order valence-electron chi connectivity index (χ0n) is 8.84. The smallest absolute Gasteiger partial charge is 0.0522 e. The molecule has 15 heavy (non-hydrogen) atoms. The van der Waals surface area contributed by atoms with E-state index in [-0.39, 0.29) is 12.0 Å². The summed E-state index contributed by atoms with van der Waals surface area (Å²) in [6.07, 6.45) is 1.93. The van der Waals surface area contributed by atoms with Gasteiger partial charge in [0.2, 0.25) is 0 Å². The molecule has 0 saturated carbocycles. The van der Waals surface area contributed by atoms with Gasteiger partial charge in [-0.05, 0) is 27.6 Å². The third-order valence-electron chi connectivity index (χ3n) is 2.78. The second kappa shape index (κ2) is 3.65. The van der Waals surface area contributed by atoms with Gasteiger partial charge in [0.1, 0.15) is 0 Å². The van der Waals surface area contributed by atoms with Gasteiger partial charge < -0.3 is 10.1 Å². The molecule has 2 aromatic rings. The van der Waals surface area contributed by atoms with E-state index in [9.17, 15) is 5.11 Å². The molecule has 1 heterocycles. The van der Waals surface area contributed by atoms with Crippen LogP contribution < -0.4 is 0 Å².